The standard InChI is InChI=1S/C14H15BrN2O2/c1-3-10-7-16-13(19-10)8-17-14(18)11-5-4-9(2)6-12(11)15/h4-7H,3,8H2,1-2H3,(H,17,18). The van der Waals surface area contributed by atoms with E-state index in [1.165, 1.54) is 0 Å². The van der Waals surface area contributed by atoms with Gasteiger partial charge in [0.25, 0.3) is 5.91 Å². The third kappa shape index (κ3) is 3.44. The van der Waals surface area contributed by atoms with Crippen molar-refractivity contribution in [2.24, 2.45) is 0 Å². The molecule has 0 bridgehead atoms. The fraction of sp³-hybridized carbons (Fsp3) is 0.286. The summed E-state index contributed by atoms with van der Waals surface area (Å²) in [5.41, 5.74) is 1.71. The first-order chi connectivity index (χ1) is 9.10. The summed E-state index contributed by atoms with van der Waals surface area (Å²) in [6.45, 7) is 4.26. The van der Waals surface area contributed by atoms with Gasteiger partial charge in [-0.1, -0.05) is 13.0 Å². The van der Waals surface area contributed by atoms with Crippen molar-refractivity contribution < 1.29 is 9.21 Å². The highest BCUT2D eigenvalue weighted by Crippen LogP contribution is 2.18. The molecule has 1 amide bonds. The number of halogens is 1. The maximum absolute atomic E-state index is 12.0. The lowest BCUT2D eigenvalue weighted by Crippen LogP contribution is -2.23. The number of amides is 1. The average Bonchev–Trinajstić information content (AvgIpc) is 2.84. The van der Waals surface area contributed by atoms with E-state index in [0.29, 0.717) is 18.0 Å². The van der Waals surface area contributed by atoms with Crippen molar-refractivity contribution in [2.45, 2.75) is 26.8 Å². The van der Waals surface area contributed by atoms with Gasteiger partial charge in [-0.15, -0.1) is 0 Å². The van der Waals surface area contributed by atoms with Gasteiger partial charge in [-0.2, -0.15) is 0 Å². The van der Waals surface area contributed by atoms with E-state index in [2.05, 4.69) is 26.2 Å². The summed E-state index contributed by atoms with van der Waals surface area (Å²) >= 11 is 3.39. The Morgan fingerprint density at radius 2 is 2.26 bits per heavy atom. The lowest BCUT2D eigenvalue weighted by Gasteiger charge is -2.05. The molecule has 1 aromatic carbocycles. The normalized spacial score (nSPS) is 10.5. The number of aryl methyl sites for hydroxylation is 2. The van der Waals surface area contributed by atoms with Crippen LogP contribution in [0.2, 0.25) is 0 Å². The molecule has 19 heavy (non-hydrogen) atoms. The van der Waals surface area contributed by atoms with Gasteiger partial charge in [0.15, 0.2) is 0 Å². The lowest BCUT2D eigenvalue weighted by molar-refractivity contribution is 0.0946. The largest absolute Gasteiger partial charge is 0.444 e. The first-order valence-corrected chi connectivity index (χ1v) is 6.87. The average molecular weight is 323 g/mol. The van der Waals surface area contributed by atoms with Gasteiger partial charge in [-0.3, -0.25) is 4.79 Å². The second-order valence-corrected chi connectivity index (χ2v) is 5.09. The van der Waals surface area contributed by atoms with Gasteiger partial charge in [0.05, 0.1) is 18.3 Å². The van der Waals surface area contributed by atoms with Gasteiger partial charge in [0, 0.05) is 10.9 Å². The Balaban J connectivity index is 2.01. The molecule has 5 heteroatoms. The van der Waals surface area contributed by atoms with E-state index in [0.717, 1.165) is 22.2 Å². The summed E-state index contributed by atoms with van der Waals surface area (Å²) in [6.07, 6.45) is 2.48. The monoisotopic (exact) mass is 322 g/mol. The van der Waals surface area contributed by atoms with E-state index in [1.54, 1.807) is 12.3 Å². The van der Waals surface area contributed by atoms with Crippen LogP contribution in [0, 0.1) is 6.92 Å². The molecule has 1 aromatic heterocycles. The number of rotatable bonds is 4. The summed E-state index contributed by atoms with van der Waals surface area (Å²) in [5.74, 6) is 1.19. The van der Waals surface area contributed by atoms with Crippen molar-refractivity contribution >= 4 is 21.8 Å². The minimum atomic E-state index is -0.150. The molecule has 2 rings (SSSR count). The van der Waals surface area contributed by atoms with Gasteiger partial charge < -0.3 is 9.73 Å². The molecule has 0 aliphatic heterocycles. The van der Waals surface area contributed by atoms with Crippen LogP contribution in [0.1, 0.15) is 34.5 Å². The van der Waals surface area contributed by atoms with Gasteiger partial charge in [0.2, 0.25) is 5.89 Å². The summed E-state index contributed by atoms with van der Waals surface area (Å²) in [6, 6.07) is 5.61. The van der Waals surface area contributed by atoms with Crippen molar-refractivity contribution in [1.29, 1.82) is 0 Å². The molecular formula is C14H15BrN2O2. The zero-order valence-corrected chi connectivity index (χ0v) is 12.5. The van der Waals surface area contributed by atoms with E-state index in [4.69, 9.17) is 4.42 Å². The fourth-order valence-corrected chi connectivity index (χ4v) is 2.32. The maximum Gasteiger partial charge on any atom is 0.252 e. The molecule has 0 aliphatic rings. The van der Waals surface area contributed by atoms with Crippen LogP contribution in [0.4, 0.5) is 0 Å². The first kappa shape index (κ1) is 13.8. The lowest BCUT2D eigenvalue weighted by atomic mass is 10.1. The highest BCUT2D eigenvalue weighted by molar-refractivity contribution is 9.10. The molecule has 0 saturated carbocycles. The van der Waals surface area contributed by atoms with Gasteiger partial charge in [-0.25, -0.2) is 4.98 Å². The van der Waals surface area contributed by atoms with Crippen LogP contribution < -0.4 is 5.32 Å². The Labute approximate surface area is 120 Å². The third-order valence-corrected chi connectivity index (χ3v) is 3.38. The molecule has 100 valence electrons. The van der Waals surface area contributed by atoms with Crippen LogP contribution in [-0.2, 0) is 13.0 Å². The number of carbonyl (C=O) groups is 1. The maximum atomic E-state index is 12.0. The molecular weight excluding hydrogens is 308 g/mol. The van der Waals surface area contributed by atoms with Crippen LogP contribution >= 0.6 is 15.9 Å². The SMILES string of the molecule is CCc1cnc(CNC(=O)c2ccc(C)cc2Br)o1. The van der Waals surface area contributed by atoms with E-state index in [1.807, 2.05) is 26.0 Å². The molecule has 0 saturated heterocycles. The Bertz CT molecular complexity index is 593. The predicted molar refractivity (Wildman–Crippen MR) is 75.9 cm³/mol. The number of benzene rings is 1. The minimum absolute atomic E-state index is 0.150. The number of oxazole rings is 1. The topological polar surface area (TPSA) is 55.1 Å². The van der Waals surface area contributed by atoms with E-state index in [9.17, 15) is 4.79 Å². The van der Waals surface area contributed by atoms with E-state index < -0.39 is 0 Å². The summed E-state index contributed by atoms with van der Waals surface area (Å²) in [5, 5.41) is 2.79. The zero-order valence-electron chi connectivity index (χ0n) is 10.9. The fourth-order valence-electron chi connectivity index (χ4n) is 1.65. The highest BCUT2D eigenvalue weighted by atomic mass is 79.9. The Hall–Kier alpha value is -1.62. The summed E-state index contributed by atoms with van der Waals surface area (Å²) in [7, 11) is 0. The molecule has 2 aromatic rings. The van der Waals surface area contributed by atoms with Gasteiger partial charge >= 0.3 is 0 Å². The molecule has 0 unspecified atom stereocenters. The molecule has 1 heterocycles. The summed E-state index contributed by atoms with van der Waals surface area (Å²) < 4.78 is 6.21. The van der Waals surface area contributed by atoms with Gasteiger partial charge in [0.1, 0.15) is 5.76 Å². The Morgan fingerprint density at radius 3 is 2.89 bits per heavy atom. The molecule has 0 radical (unpaired) electrons. The van der Waals surface area contributed by atoms with Crippen LogP contribution in [-0.4, -0.2) is 10.9 Å². The quantitative estimate of drug-likeness (QED) is 0.940. The second kappa shape index (κ2) is 6.02. The minimum Gasteiger partial charge on any atom is -0.444 e. The zero-order chi connectivity index (χ0) is 13.8. The first-order valence-electron chi connectivity index (χ1n) is 6.08. The molecule has 0 aliphatic carbocycles. The van der Waals surface area contributed by atoms with Crippen LogP contribution in [0.3, 0.4) is 0 Å². The van der Waals surface area contributed by atoms with Gasteiger partial charge in [-0.05, 0) is 40.5 Å². The smallest absolute Gasteiger partial charge is 0.252 e. The predicted octanol–water partition coefficient (Wildman–Crippen LogP) is 3.24. The highest BCUT2D eigenvalue weighted by Gasteiger charge is 2.11. The molecule has 0 atom stereocenters. The number of aromatic nitrogens is 1. The molecule has 1 N–H and O–H groups in total. The molecule has 0 fully saturated rings. The number of nitrogens with zero attached hydrogens (tertiary/aromatic N) is 1. The molecule has 0 spiro atoms. The summed E-state index contributed by atoms with van der Waals surface area (Å²) in [4.78, 5) is 16.1. The molecule has 4 nitrogen and oxygen atoms in total. The van der Waals surface area contributed by atoms with Crippen LogP contribution in [0.15, 0.2) is 33.3 Å². The van der Waals surface area contributed by atoms with Crippen LogP contribution in [0.25, 0.3) is 0 Å². The number of hydrogen-bond acceptors (Lipinski definition) is 3. The van der Waals surface area contributed by atoms with Crippen molar-refractivity contribution in [1.82, 2.24) is 10.3 Å². The number of hydrogen-bond donors (Lipinski definition) is 1. The van der Waals surface area contributed by atoms with Crippen LogP contribution in [0.5, 0.6) is 0 Å². The number of nitrogens with one attached hydrogen (secondary N) is 1. The van der Waals surface area contributed by atoms with Crippen molar-refractivity contribution in [2.75, 3.05) is 0 Å². The Kier molecular flexibility index (Phi) is 4.37. The van der Waals surface area contributed by atoms with E-state index >= 15 is 0 Å². The Morgan fingerprint density at radius 1 is 1.47 bits per heavy atom. The second-order valence-electron chi connectivity index (χ2n) is 4.24. The third-order valence-electron chi connectivity index (χ3n) is 2.72. The number of carbonyl (C=O) groups excluding carboxylic acids is 1. The van der Waals surface area contributed by atoms with E-state index in [-0.39, 0.29) is 5.91 Å². The van der Waals surface area contributed by atoms with Crippen molar-refractivity contribution in [3.8, 4) is 0 Å². The van der Waals surface area contributed by atoms with Crippen molar-refractivity contribution in [3.05, 3.63) is 51.6 Å². The van der Waals surface area contributed by atoms with Crippen molar-refractivity contribution in [3.63, 3.8) is 0 Å².